The summed E-state index contributed by atoms with van der Waals surface area (Å²) in [6.45, 7) is 11.7. The first-order chi connectivity index (χ1) is 43.7. The minimum Gasteiger partial charge on any atom is -0.462 e. The van der Waals surface area contributed by atoms with Crippen molar-refractivity contribution in [3.05, 3.63) is 24.3 Å². The summed E-state index contributed by atoms with van der Waals surface area (Å²) in [5, 5.41) is 10.6. The minimum atomic E-state index is -4.96. The van der Waals surface area contributed by atoms with Crippen LogP contribution in [0.5, 0.6) is 0 Å². The average Bonchev–Trinajstić information content (AvgIpc) is 2.99. The van der Waals surface area contributed by atoms with Crippen molar-refractivity contribution in [2.24, 2.45) is 17.8 Å². The lowest BCUT2D eigenvalue weighted by Gasteiger charge is -2.21. The topological polar surface area (TPSA) is 237 Å². The van der Waals surface area contributed by atoms with E-state index in [2.05, 4.69) is 72.8 Å². The molecule has 0 saturated carbocycles. The molecule has 19 heteroatoms. The van der Waals surface area contributed by atoms with Gasteiger partial charge in [0, 0.05) is 25.7 Å². The van der Waals surface area contributed by atoms with Gasteiger partial charge in [0.2, 0.25) is 0 Å². The van der Waals surface area contributed by atoms with Crippen LogP contribution in [-0.2, 0) is 65.4 Å². The molecule has 5 atom stereocenters. The van der Waals surface area contributed by atoms with Crippen LogP contribution in [0, 0.1) is 17.8 Å². The SMILES string of the molecule is CCCCCC/C=C\C=C/CCCCCCCC(=O)O[C@H](COC(=O)CCCCCCCCCCC(C)C)COP(=O)(O)OCC(O)COP(=O)(O)OC[C@@H](COC(=O)CCCCCCCCCC(C)C)OC(=O)CCCCCCCCCCCCCCC(C)C. The van der Waals surface area contributed by atoms with Crippen LogP contribution < -0.4 is 0 Å². The second kappa shape index (κ2) is 62.4. The molecule has 0 aromatic carbocycles. The molecule has 3 unspecified atom stereocenters. The van der Waals surface area contributed by atoms with Crippen molar-refractivity contribution in [2.75, 3.05) is 39.6 Å². The molecule has 0 radical (unpaired) electrons. The second-order valence-electron chi connectivity index (χ2n) is 26.7. The fraction of sp³-hybridized carbons (Fsp3) is 0.889. The van der Waals surface area contributed by atoms with Crippen LogP contribution in [0.3, 0.4) is 0 Å². The van der Waals surface area contributed by atoms with Crippen LogP contribution >= 0.6 is 15.6 Å². The molecule has 0 heterocycles. The van der Waals surface area contributed by atoms with Crippen molar-refractivity contribution in [3.63, 3.8) is 0 Å². The Balaban J connectivity index is 5.29. The van der Waals surface area contributed by atoms with E-state index in [0.29, 0.717) is 31.6 Å². The number of esters is 4. The molecular weight excluding hydrogens is 1200 g/mol. The minimum absolute atomic E-state index is 0.0840. The zero-order valence-corrected chi connectivity index (χ0v) is 60.6. The van der Waals surface area contributed by atoms with E-state index in [0.717, 1.165) is 127 Å². The Bertz CT molecular complexity index is 1880. The summed E-state index contributed by atoms with van der Waals surface area (Å²) in [5.41, 5.74) is 0. The predicted octanol–water partition coefficient (Wildman–Crippen LogP) is 20.2. The Hall–Kier alpha value is -2.46. The van der Waals surface area contributed by atoms with Gasteiger partial charge >= 0.3 is 39.5 Å². The van der Waals surface area contributed by atoms with E-state index in [1.54, 1.807) is 0 Å². The quantitative estimate of drug-likeness (QED) is 0.0169. The molecule has 0 spiro atoms. The Labute approximate surface area is 554 Å². The third-order valence-corrected chi connectivity index (χ3v) is 17.9. The van der Waals surface area contributed by atoms with Crippen molar-refractivity contribution in [1.29, 1.82) is 0 Å². The first-order valence-corrected chi connectivity index (χ1v) is 39.7. The van der Waals surface area contributed by atoms with Crippen molar-refractivity contribution >= 4 is 39.5 Å². The highest BCUT2D eigenvalue weighted by Gasteiger charge is 2.30. The van der Waals surface area contributed by atoms with Crippen LogP contribution in [0.2, 0.25) is 0 Å². The van der Waals surface area contributed by atoms with E-state index in [9.17, 15) is 43.2 Å². The van der Waals surface area contributed by atoms with Crippen LogP contribution in [0.25, 0.3) is 0 Å². The molecule has 0 aliphatic heterocycles. The number of ether oxygens (including phenoxy) is 4. The normalized spacial score (nSPS) is 14.3. The largest absolute Gasteiger partial charge is 0.472 e. The summed E-state index contributed by atoms with van der Waals surface area (Å²) in [4.78, 5) is 72.6. The summed E-state index contributed by atoms with van der Waals surface area (Å²) in [6, 6.07) is 0. The van der Waals surface area contributed by atoms with Crippen LogP contribution in [-0.4, -0.2) is 96.7 Å². The molecule has 0 rings (SSSR count). The fourth-order valence-corrected chi connectivity index (χ4v) is 11.9. The lowest BCUT2D eigenvalue weighted by atomic mass is 10.0. The van der Waals surface area contributed by atoms with Gasteiger partial charge in [-0.2, -0.15) is 0 Å². The van der Waals surface area contributed by atoms with E-state index in [-0.39, 0.29) is 25.7 Å². The van der Waals surface area contributed by atoms with Gasteiger partial charge in [0.05, 0.1) is 26.4 Å². The van der Waals surface area contributed by atoms with E-state index < -0.39 is 97.5 Å². The lowest BCUT2D eigenvalue weighted by molar-refractivity contribution is -0.161. The van der Waals surface area contributed by atoms with E-state index in [4.69, 9.17) is 37.0 Å². The molecule has 0 aliphatic rings. The van der Waals surface area contributed by atoms with E-state index >= 15 is 0 Å². The highest BCUT2D eigenvalue weighted by atomic mass is 31.2. The van der Waals surface area contributed by atoms with Gasteiger partial charge in [0.15, 0.2) is 12.2 Å². The van der Waals surface area contributed by atoms with Crippen molar-refractivity contribution in [3.8, 4) is 0 Å². The first kappa shape index (κ1) is 88.5. The number of rotatable bonds is 68. The number of unbranched alkanes of at least 4 members (excludes halogenated alkanes) is 33. The molecule has 0 aromatic rings. The van der Waals surface area contributed by atoms with Gasteiger partial charge < -0.3 is 33.8 Å². The summed E-state index contributed by atoms with van der Waals surface area (Å²) in [6.07, 6.45) is 49.5. The number of hydrogen-bond acceptors (Lipinski definition) is 15. The maximum absolute atomic E-state index is 13.0. The average molecular weight is 1340 g/mol. The first-order valence-electron chi connectivity index (χ1n) is 36.7. The summed E-state index contributed by atoms with van der Waals surface area (Å²) < 4.78 is 68.3. The predicted molar refractivity (Wildman–Crippen MR) is 367 cm³/mol. The number of hydrogen-bond donors (Lipinski definition) is 3. The number of aliphatic hydroxyl groups excluding tert-OH is 1. The third kappa shape index (κ3) is 66.0. The maximum Gasteiger partial charge on any atom is 0.472 e. The standard InChI is InChI=1S/C72H136O17P2/c1-8-9-10-11-12-13-14-15-16-17-21-24-33-41-48-55-71(76)88-67(59-82-69(74)53-46-39-32-27-26-30-37-44-51-64(4)5)61-86-90(78,79)84-57-66(73)58-85-91(80,81)87-62-68(60-83-70(75)54-47-40-35-28-31-38-45-52-65(6)7)89-72(77)56-49-42-34-25-22-19-18-20-23-29-36-43-50-63(2)3/h13-16,63-68,73H,8-12,17-62H2,1-7H3,(H,78,79)(H,80,81)/b14-13-,16-15-/t66?,67-,68-/m1/s1. The number of allylic oxidation sites excluding steroid dienone is 4. The Morgan fingerprint density at radius 2 is 0.593 bits per heavy atom. The Morgan fingerprint density at radius 1 is 0.341 bits per heavy atom. The highest BCUT2D eigenvalue weighted by Crippen LogP contribution is 2.45. The van der Waals surface area contributed by atoms with Crippen LogP contribution in [0.1, 0.15) is 337 Å². The maximum atomic E-state index is 13.0. The lowest BCUT2D eigenvalue weighted by Crippen LogP contribution is -2.30. The van der Waals surface area contributed by atoms with Gasteiger partial charge in [-0.15, -0.1) is 0 Å². The third-order valence-electron chi connectivity index (χ3n) is 16.0. The smallest absolute Gasteiger partial charge is 0.462 e. The van der Waals surface area contributed by atoms with Crippen molar-refractivity contribution in [1.82, 2.24) is 0 Å². The molecule has 536 valence electrons. The Kier molecular flexibility index (Phi) is 60.7. The molecule has 0 fully saturated rings. The summed E-state index contributed by atoms with van der Waals surface area (Å²) in [7, 11) is -9.92. The van der Waals surface area contributed by atoms with E-state index in [1.165, 1.54) is 122 Å². The molecule has 0 saturated heterocycles. The molecule has 0 aliphatic carbocycles. The highest BCUT2D eigenvalue weighted by molar-refractivity contribution is 7.47. The molecule has 0 aromatic heterocycles. The van der Waals surface area contributed by atoms with Crippen LogP contribution in [0.4, 0.5) is 0 Å². The van der Waals surface area contributed by atoms with Gasteiger partial charge in [-0.25, -0.2) is 9.13 Å². The number of phosphoric ester groups is 2. The van der Waals surface area contributed by atoms with Gasteiger partial charge in [-0.05, 0) is 69.1 Å². The number of carbonyl (C=O) groups excluding carboxylic acids is 4. The van der Waals surface area contributed by atoms with E-state index in [1.807, 2.05) is 0 Å². The van der Waals surface area contributed by atoms with Gasteiger partial charge in [-0.3, -0.25) is 37.3 Å². The zero-order chi connectivity index (χ0) is 67.3. The second-order valence-corrected chi connectivity index (χ2v) is 29.6. The summed E-state index contributed by atoms with van der Waals surface area (Å²) >= 11 is 0. The number of carbonyl (C=O) groups is 4. The van der Waals surface area contributed by atoms with Gasteiger partial charge in [0.1, 0.15) is 19.3 Å². The monoisotopic (exact) mass is 1330 g/mol. The fourth-order valence-electron chi connectivity index (χ4n) is 10.4. The van der Waals surface area contributed by atoms with Crippen molar-refractivity contribution < 1.29 is 80.2 Å². The molecule has 0 bridgehead atoms. The van der Waals surface area contributed by atoms with Crippen molar-refractivity contribution in [2.45, 2.75) is 356 Å². The molecule has 17 nitrogen and oxygen atoms in total. The number of phosphoric acid groups is 2. The number of aliphatic hydroxyl groups is 1. The van der Waals surface area contributed by atoms with Crippen LogP contribution in [0.15, 0.2) is 24.3 Å². The van der Waals surface area contributed by atoms with Gasteiger partial charge in [0.25, 0.3) is 0 Å². The Morgan fingerprint density at radius 3 is 0.890 bits per heavy atom. The molecule has 91 heavy (non-hydrogen) atoms. The van der Waals surface area contributed by atoms with Gasteiger partial charge in [-0.1, -0.05) is 285 Å². The molecular formula is C72H136O17P2. The zero-order valence-electron chi connectivity index (χ0n) is 58.8. The summed E-state index contributed by atoms with van der Waals surface area (Å²) in [5.74, 6) is 0.0461. The molecule has 3 N–H and O–H groups in total. The molecule has 0 amide bonds.